The van der Waals surface area contributed by atoms with Crippen LogP contribution in [-0.4, -0.2) is 9.13 Å². The number of rotatable bonds is 5. The van der Waals surface area contributed by atoms with Gasteiger partial charge in [-0.25, -0.2) is 4.85 Å². The van der Waals surface area contributed by atoms with Crippen molar-refractivity contribution in [1.82, 2.24) is 9.13 Å². The van der Waals surface area contributed by atoms with Gasteiger partial charge < -0.3 is 14.0 Å². The molecule has 0 aliphatic heterocycles. The number of aromatic nitrogens is 2. The topological polar surface area (TPSA) is 41.2 Å². The molecule has 62 heavy (non-hydrogen) atoms. The average molecular weight is 792 g/mol. The van der Waals surface area contributed by atoms with Gasteiger partial charge in [-0.05, 0) is 99.8 Å². The van der Waals surface area contributed by atoms with E-state index in [4.69, 9.17) is 6.57 Å². The van der Waals surface area contributed by atoms with E-state index >= 15 is 0 Å². The van der Waals surface area contributed by atoms with Crippen LogP contribution in [0.5, 0.6) is 0 Å². The lowest BCUT2D eigenvalue weighted by Crippen LogP contribution is -2.16. The summed E-state index contributed by atoms with van der Waals surface area (Å²) in [5.74, 6) is 0. The number of hydrogen-bond donors (Lipinski definition) is 0. The molecule has 0 unspecified atom stereocenters. The fourth-order valence-electron chi connectivity index (χ4n) is 10.4. The Balaban J connectivity index is 1.17. The molecular formula is C57H37N5. The summed E-state index contributed by atoms with van der Waals surface area (Å²) in [5.41, 5.74) is 14.0. The molecule has 9 aromatic carbocycles. The molecular weight excluding hydrogens is 755 g/mol. The molecule has 12 rings (SSSR count). The number of hydrogen-bond acceptors (Lipinski definition) is 2. The van der Waals surface area contributed by atoms with E-state index in [2.05, 4.69) is 197 Å². The van der Waals surface area contributed by atoms with E-state index < -0.39 is 0 Å². The van der Waals surface area contributed by atoms with E-state index in [1.54, 1.807) is 0 Å². The number of nitriles is 1. The van der Waals surface area contributed by atoms with E-state index in [0.717, 1.165) is 71.4 Å². The molecule has 290 valence electrons. The van der Waals surface area contributed by atoms with Crippen molar-refractivity contribution in [2.24, 2.45) is 0 Å². The minimum Gasteiger partial charge on any atom is -0.319 e. The molecule has 0 spiro atoms. The van der Waals surface area contributed by atoms with E-state index in [9.17, 15) is 5.26 Å². The van der Waals surface area contributed by atoms with Gasteiger partial charge in [-0.15, -0.1) is 0 Å². The van der Waals surface area contributed by atoms with Crippen LogP contribution in [0.3, 0.4) is 0 Å². The predicted octanol–water partition coefficient (Wildman–Crippen LogP) is 15.2. The molecule has 5 heteroatoms. The van der Waals surface area contributed by atoms with Crippen molar-refractivity contribution in [2.45, 2.75) is 19.3 Å². The molecule has 0 amide bonds. The molecule has 2 aromatic heterocycles. The number of benzene rings is 9. The highest BCUT2D eigenvalue weighted by molar-refractivity contribution is 6.21. The monoisotopic (exact) mass is 791 g/mol. The van der Waals surface area contributed by atoms with Crippen LogP contribution in [0.2, 0.25) is 0 Å². The highest BCUT2D eigenvalue weighted by Crippen LogP contribution is 2.54. The Hall–Kier alpha value is -8.38. The fraction of sp³-hybridized carbons (Fsp3) is 0.0526. The summed E-state index contributed by atoms with van der Waals surface area (Å²) in [6.07, 6.45) is 0. The Morgan fingerprint density at radius 3 is 1.95 bits per heavy atom. The summed E-state index contributed by atoms with van der Waals surface area (Å²) in [6, 6.07) is 68.4. The normalized spacial score (nSPS) is 12.8. The van der Waals surface area contributed by atoms with Gasteiger partial charge in [-0.3, -0.25) is 0 Å². The molecule has 11 aromatic rings. The molecule has 5 nitrogen and oxygen atoms in total. The standard InChI is InChI=1S/C57H37N5/c1-57(2)47-24-14-12-22-42(47)43-28-29-44-46-33-40(60(38-17-6-4-7-18-38)39-19-8-5-9-20-39)27-31-50(46)62(56(44)55(43)57)52-34-48(59-3)53(32-37(52)35-58)61-49-25-15-13-23-45(49)54-41-21-11-10-16-36(41)26-30-51(54)61/h4-34H,1-2H3. The molecule has 0 fully saturated rings. The molecule has 0 atom stereocenters. The Labute approximate surface area is 359 Å². The maximum Gasteiger partial charge on any atom is 0.212 e. The van der Waals surface area contributed by atoms with Gasteiger partial charge in [-0.2, -0.15) is 5.26 Å². The summed E-state index contributed by atoms with van der Waals surface area (Å²) in [7, 11) is 0. The van der Waals surface area contributed by atoms with Crippen LogP contribution in [0.15, 0.2) is 188 Å². The van der Waals surface area contributed by atoms with E-state index in [1.807, 2.05) is 30.3 Å². The zero-order valence-corrected chi connectivity index (χ0v) is 34.1. The Bertz CT molecular complexity index is 3700. The number of anilines is 3. The summed E-state index contributed by atoms with van der Waals surface area (Å²) in [6.45, 7) is 13.4. The van der Waals surface area contributed by atoms with Gasteiger partial charge in [0.25, 0.3) is 0 Å². The van der Waals surface area contributed by atoms with Crippen molar-refractivity contribution in [1.29, 1.82) is 5.26 Å². The van der Waals surface area contributed by atoms with Crippen LogP contribution < -0.4 is 4.90 Å². The van der Waals surface area contributed by atoms with Gasteiger partial charge in [-0.1, -0.05) is 135 Å². The van der Waals surface area contributed by atoms with E-state index in [0.29, 0.717) is 22.6 Å². The first kappa shape index (κ1) is 35.6. The first-order valence-corrected chi connectivity index (χ1v) is 21.0. The Morgan fingerprint density at radius 2 is 1.19 bits per heavy atom. The highest BCUT2D eigenvalue weighted by atomic mass is 15.1. The Morgan fingerprint density at radius 1 is 0.532 bits per heavy atom. The lowest BCUT2D eigenvalue weighted by Gasteiger charge is -2.25. The van der Waals surface area contributed by atoms with Gasteiger partial charge in [0.05, 0.1) is 45.6 Å². The molecule has 0 saturated heterocycles. The second kappa shape index (κ2) is 13.3. The van der Waals surface area contributed by atoms with Crippen molar-refractivity contribution in [3.05, 3.63) is 216 Å². The fourth-order valence-corrected chi connectivity index (χ4v) is 10.4. The van der Waals surface area contributed by atoms with Gasteiger partial charge in [0, 0.05) is 44.0 Å². The molecule has 0 bridgehead atoms. The summed E-state index contributed by atoms with van der Waals surface area (Å²) in [5, 5.41) is 18.0. The maximum absolute atomic E-state index is 11.3. The average Bonchev–Trinajstić information content (AvgIpc) is 3.92. The largest absolute Gasteiger partial charge is 0.319 e. The number of para-hydroxylation sites is 3. The van der Waals surface area contributed by atoms with Gasteiger partial charge >= 0.3 is 0 Å². The summed E-state index contributed by atoms with van der Waals surface area (Å²) < 4.78 is 4.44. The van der Waals surface area contributed by atoms with Crippen molar-refractivity contribution in [3.63, 3.8) is 0 Å². The van der Waals surface area contributed by atoms with Crippen LogP contribution in [0, 0.1) is 17.9 Å². The van der Waals surface area contributed by atoms with Crippen molar-refractivity contribution in [2.75, 3.05) is 4.90 Å². The minimum atomic E-state index is -0.346. The first-order chi connectivity index (χ1) is 30.5. The zero-order valence-electron chi connectivity index (χ0n) is 34.1. The number of fused-ring (bicyclic) bond motifs is 12. The van der Waals surface area contributed by atoms with Gasteiger partial charge in [0.1, 0.15) is 6.07 Å². The third-order valence-electron chi connectivity index (χ3n) is 13.1. The van der Waals surface area contributed by atoms with Crippen LogP contribution in [0.4, 0.5) is 22.7 Å². The SMILES string of the molecule is [C-]#[N+]c1cc(-n2c3ccc(N(c4ccccc4)c4ccccc4)cc3c3ccc4c(c32)C(C)(C)c2ccccc2-4)c(C#N)cc1-n1c2ccccc2c2c3ccccc3ccc21. The minimum absolute atomic E-state index is 0.346. The zero-order chi connectivity index (χ0) is 41.7. The quantitative estimate of drug-likeness (QED) is 0.163. The third-order valence-corrected chi connectivity index (χ3v) is 13.1. The lowest BCUT2D eigenvalue weighted by molar-refractivity contribution is 0.664. The van der Waals surface area contributed by atoms with Crippen molar-refractivity contribution >= 4 is 77.1 Å². The molecule has 2 heterocycles. The molecule has 0 N–H and O–H groups in total. The molecule has 0 saturated carbocycles. The van der Waals surface area contributed by atoms with Crippen molar-refractivity contribution < 1.29 is 0 Å². The van der Waals surface area contributed by atoms with Gasteiger partial charge in [0.15, 0.2) is 0 Å². The van der Waals surface area contributed by atoms with Crippen LogP contribution in [0.1, 0.15) is 30.5 Å². The van der Waals surface area contributed by atoms with E-state index in [1.165, 1.54) is 22.3 Å². The van der Waals surface area contributed by atoms with Crippen LogP contribution in [0.25, 0.3) is 81.7 Å². The predicted molar refractivity (Wildman–Crippen MR) is 256 cm³/mol. The summed E-state index contributed by atoms with van der Waals surface area (Å²) in [4.78, 5) is 6.54. The number of nitrogens with zero attached hydrogens (tertiary/aromatic N) is 5. The highest BCUT2D eigenvalue weighted by Gasteiger charge is 2.39. The van der Waals surface area contributed by atoms with Gasteiger partial charge in [0.2, 0.25) is 5.69 Å². The summed E-state index contributed by atoms with van der Waals surface area (Å²) >= 11 is 0. The molecule has 1 aliphatic carbocycles. The maximum atomic E-state index is 11.3. The first-order valence-electron chi connectivity index (χ1n) is 21.0. The second-order valence-corrected chi connectivity index (χ2v) is 16.7. The molecule has 1 aliphatic rings. The third kappa shape index (κ3) is 4.94. The van der Waals surface area contributed by atoms with Crippen LogP contribution >= 0.6 is 0 Å². The Kier molecular flexibility index (Phi) is 7.64. The van der Waals surface area contributed by atoms with Crippen LogP contribution in [-0.2, 0) is 5.41 Å². The lowest BCUT2D eigenvalue weighted by atomic mass is 9.81. The van der Waals surface area contributed by atoms with E-state index in [-0.39, 0.29) is 5.41 Å². The molecule has 0 radical (unpaired) electrons. The smallest absolute Gasteiger partial charge is 0.212 e. The van der Waals surface area contributed by atoms with Crippen molar-refractivity contribution in [3.8, 4) is 28.6 Å². The second-order valence-electron chi connectivity index (χ2n) is 16.7.